The molecule has 1 fully saturated rings. The van der Waals surface area contributed by atoms with Crippen LogP contribution in [0.2, 0.25) is 0 Å². The second-order valence-electron chi connectivity index (χ2n) is 6.65. The molecule has 0 aliphatic carbocycles. The van der Waals surface area contributed by atoms with Crippen LogP contribution in [0.4, 0.5) is 5.82 Å². The van der Waals surface area contributed by atoms with Crippen molar-refractivity contribution in [2.75, 3.05) is 18.4 Å². The van der Waals surface area contributed by atoms with Crippen molar-refractivity contribution >= 4 is 15.8 Å². The van der Waals surface area contributed by atoms with Crippen molar-refractivity contribution in [3.63, 3.8) is 0 Å². The maximum Gasteiger partial charge on any atom is 0.219 e. The maximum absolute atomic E-state index is 12.4. The van der Waals surface area contributed by atoms with Gasteiger partial charge in [0.05, 0.1) is 4.75 Å². The Balaban J connectivity index is 1.95. The van der Waals surface area contributed by atoms with Gasteiger partial charge in [0.15, 0.2) is 0 Å². The van der Waals surface area contributed by atoms with Crippen molar-refractivity contribution in [1.29, 1.82) is 0 Å². The van der Waals surface area contributed by atoms with Gasteiger partial charge in [0.1, 0.15) is 5.82 Å². The zero-order chi connectivity index (χ0) is 15.7. The predicted octanol–water partition coefficient (Wildman–Crippen LogP) is 2.39. The molecule has 0 aromatic carbocycles. The lowest BCUT2D eigenvalue weighted by molar-refractivity contribution is 0.321. The summed E-state index contributed by atoms with van der Waals surface area (Å²) in [5.74, 6) is 0.868. The van der Waals surface area contributed by atoms with Gasteiger partial charge >= 0.3 is 0 Å². The van der Waals surface area contributed by atoms with E-state index in [9.17, 15) is 8.42 Å². The number of aryl methyl sites for hydroxylation is 1. The Morgan fingerprint density at radius 1 is 1.29 bits per heavy atom. The van der Waals surface area contributed by atoms with E-state index in [1.165, 1.54) is 5.56 Å². The third-order valence-corrected chi connectivity index (χ3v) is 6.43. The summed E-state index contributed by atoms with van der Waals surface area (Å²) in [4.78, 5) is 4.30. The summed E-state index contributed by atoms with van der Waals surface area (Å²) >= 11 is 0. The first kappa shape index (κ1) is 16.2. The average molecular weight is 311 g/mol. The van der Waals surface area contributed by atoms with Crippen LogP contribution in [-0.4, -0.2) is 41.6 Å². The number of nitrogens with one attached hydrogen (secondary N) is 1. The lowest BCUT2D eigenvalue weighted by atomic mass is 10.1. The van der Waals surface area contributed by atoms with Gasteiger partial charge < -0.3 is 5.32 Å². The second-order valence-corrected chi connectivity index (χ2v) is 9.34. The number of hydrogen-bond donors (Lipinski definition) is 1. The fraction of sp³-hybridized carbons (Fsp3) is 0.667. The summed E-state index contributed by atoms with van der Waals surface area (Å²) in [5.41, 5.74) is 1.17. The number of piperidine rings is 1. The van der Waals surface area contributed by atoms with Crippen LogP contribution in [0.5, 0.6) is 0 Å². The molecule has 1 aromatic heterocycles. The number of hydrogen-bond acceptors (Lipinski definition) is 4. The molecular formula is C15H25N3O2S. The van der Waals surface area contributed by atoms with Crippen molar-refractivity contribution in [1.82, 2.24) is 9.29 Å². The second kappa shape index (κ2) is 5.93. The highest BCUT2D eigenvalue weighted by Gasteiger charge is 2.37. The molecular weight excluding hydrogens is 286 g/mol. The molecule has 0 radical (unpaired) electrons. The van der Waals surface area contributed by atoms with Crippen LogP contribution in [0.1, 0.15) is 39.2 Å². The van der Waals surface area contributed by atoms with Crippen LogP contribution < -0.4 is 5.32 Å². The van der Waals surface area contributed by atoms with Crippen molar-refractivity contribution in [2.45, 2.75) is 51.3 Å². The first-order chi connectivity index (χ1) is 9.70. The van der Waals surface area contributed by atoms with Crippen LogP contribution in [0.25, 0.3) is 0 Å². The molecule has 0 atom stereocenters. The molecule has 2 rings (SSSR count). The van der Waals surface area contributed by atoms with Gasteiger partial charge in [-0.3, -0.25) is 0 Å². The number of pyridine rings is 1. The Hall–Kier alpha value is -1.14. The lowest BCUT2D eigenvalue weighted by Crippen LogP contribution is -2.48. The van der Waals surface area contributed by atoms with Gasteiger partial charge in [-0.05, 0) is 58.2 Å². The fourth-order valence-electron chi connectivity index (χ4n) is 2.45. The highest BCUT2D eigenvalue weighted by atomic mass is 32.2. The standard InChI is InChI=1S/C15H25N3O2S/c1-12-5-8-16-14(11-12)17-13-6-9-18(10-7-13)21(19,20)15(2,3)4/h5,8,11,13H,6-7,9-10H2,1-4H3,(H,16,17). The quantitative estimate of drug-likeness (QED) is 0.931. The fourth-order valence-corrected chi connectivity index (χ4v) is 3.92. The Morgan fingerprint density at radius 3 is 2.43 bits per heavy atom. The zero-order valence-electron chi connectivity index (χ0n) is 13.3. The van der Waals surface area contributed by atoms with Crippen LogP contribution >= 0.6 is 0 Å². The zero-order valence-corrected chi connectivity index (χ0v) is 14.1. The Morgan fingerprint density at radius 2 is 1.90 bits per heavy atom. The maximum atomic E-state index is 12.4. The third-order valence-electron chi connectivity index (χ3n) is 3.84. The molecule has 2 heterocycles. The molecule has 0 spiro atoms. The van der Waals surface area contributed by atoms with E-state index >= 15 is 0 Å². The van der Waals surface area contributed by atoms with E-state index in [0.29, 0.717) is 13.1 Å². The largest absolute Gasteiger partial charge is 0.367 e. The number of aromatic nitrogens is 1. The molecule has 5 nitrogen and oxygen atoms in total. The molecule has 1 aromatic rings. The molecule has 1 N–H and O–H groups in total. The minimum atomic E-state index is -3.21. The number of nitrogens with zero attached hydrogens (tertiary/aromatic N) is 2. The molecule has 1 aliphatic rings. The third kappa shape index (κ3) is 3.74. The molecule has 0 saturated carbocycles. The van der Waals surface area contributed by atoms with Gasteiger partial charge in [-0.15, -0.1) is 0 Å². The van der Waals surface area contributed by atoms with Gasteiger partial charge in [0.25, 0.3) is 0 Å². The number of rotatable bonds is 3. The van der Waals surface area contributed by atoms with Gasteiger partial charge in [-0.25, -0.2) is 17.7 Å². The molecule has 1 aliphatic heterocycles. The molecule has 0 unspecified atom stereocenters. The van der Waals surface area contributed by atoms with E-state index < -0.39 is 14.8 Å². The van der Waals surface area contributed by atoms with E-state index in [0.717, 1.165) is 18.7 Å². The number of anilines is 1. The molecule has 0 bridgehead atoms. The first-order valence-corrected chi connectivity index (χ1v) is 8.83. The van der Waals surface area contributed by atoms with Gasteiger partial charge in [0, 0.05) is 25.3 Å². The summed E-state index contributed by atoms with van der Waals surface area (Å²) in [6.07, 6.45) is 3.41. The molecule has 118 valence electrons. The van der Waals surface area contributed by atoms with Crippen molar-refractivity contribution < 1.29 is 8.42 Å². The Labute approximate surface area is 127 Å². The molecule has 21 heavy (non-hydrogen) atoms. The Bertz CT molecular complexity index is 585. The predicted molar refractivity (Wildman–Crippen MR) is 85.9 cm³/mol. The van der Waals surface area contributed by atoms with Crippen LogP contribution in [0.3, 0.4) is 0 Å². The smallest absolute Gasteiger partial charge is 0.219 e. The van der Waals surface area contributed by atoms with Crippen LogP contribution in [-0.2, 0) is 10.0 Å². The van der Waals surface area contributed by atoms with Crippen molar-refractivity contribution in [3.05, 3.63) is 23.9 Å². The molecule has 0 amide bonds. The summed E-state index contributed by atoms with van der Waals surface area (Å²) in [6.45, 7) is 8.44. The minimum Gasteiger partial charge on any atom is -0.367 e. The summed E-state index contributed by atoms with van der Waals surface area (Å²) in [5, 5.41) is 3.40. The Kier molecular flexibility index (Phi) is 4.58. The van der Waals surface area contributed by atoms with E-state index in [1.54, 1.807) is 31.3 Å². The monoisotopic (exact) mass is 311 g/mol. The van der Waals surface area contributed by atoms with E-state index in [-0.39, 0.29) is 6.04 Å². The van der Waals surface area contributed by atoms with E-state index in [4.69, 9.17) is 0 Å². The normalized spacial score (nSPS) is 18.7. The SMILES string of the molecule is Cc1ccnc(NC2CCN(S(=O)(=O)C(C)(C)C)CC2)c1. The van der Waals surface area contributed by atoms with Gasteiger partial charge in [-0.2, -0.15) is 0 Å². The van der Waals surface area contributed by atoms with Crippen molar-refractivity contribution in [3.8, 4) is 0 Å². The van der Waals surface area contributed by atoms with Crippen LogP contribution in [0, 0.1) is 6.92 Å². The van der Waals surface area contributed by atoms with Crippen LogP contribution in [0.15, 0.2) is 18.3 Å². The highest BCUT2D eigenvalue weighted by Crippen LogP contribution is 2.25. The van der Waals surface area contributed by atoms with Gasteiger partial charge in [-0.1, -0.05) is 0 Å². The average Bonchev–Trinajstić information content (AvgIpc) is 2.38. The van der Waals surface area contributed by atoms with Crippen molar-refractivity contribution in [2.24, 2.45) is 0 Å². The number of sulfonamides is 1. The minimum absolute atomic E-state index is 0.283. The molecule has 1 saturated heterocycles. The topological polar surface area (TPSA) is 62.3 Å². The molecule has 6 heteroatoms. The first-order valence-electron chi connectivity index (χ1n) is 7.39. The van der Waals surface area contributed by atoms with Gasteiger partial charge in [0.2, 0.25) is 10.0 Å². The highest BCUT2D eigenvalue weighted by molar-refractivity contribution is 7.90. The van der Waals surface area contributed by atoms with E-state index in [2.05, 4.69) is 10.3 Å². The summed E-state index contributed by atoms with van der Waals surface area (Å²) < 4.78 is 25.7. The summed E-state index contributed by atoms with van der Waals surface area (Å²) in [7, 11) is -3.21. The summed E-state index contributed by atoms with van der Waals surface area (Å²) in [6, 6.07) is 4.26. The van der Waals surface area contributed by atoms with E-state index in [1.807, 2.05) is 19.1 Å². The lowest BCUT2D eigenvalue weighted by Gasteiger charge is -2.35.